The van der Waals surface area contributed by atoms with Gasteiger partial charge in [0, 0.05) is 29.3 Å². The Morgan fingerprint density at radius 2 is 1.68 bits per heavy atom. The molecule has 126 valence electrons. The van der Waals surface area contributed by atoms with E-state index >= 15 is 0 Å². The van der Waals surface area contributed by atoms with Crippen LogP contribution in [0.4, 0.5) is 0 Å². The molecule has 25 heavy (non-hydrogen) atoms. The van der Waals surface area contributed by atoms with Crippen LogP contribution in [0.15, 0.2) is 133 Å². The van der Waals surface area contributed by atoms with E-state index in [1.807, 2.05) is 29.2 Å². The number of hydrogen-bond donors (Lipinski definition) is 0. The highest BCUT2D eigenvalue weighted by molar-refractivity contribution is 6.09. The zero-order valence-corrected chi connectivity index (χ0v) is 14.4. The van der Waals surface area contributed by atoms with Crippen LogP contribution in [0.5, 0.6) is 0 Å². The summed E-state index contributed by atoms with van der Waals surface area (Å²) in [5.41, 5.74) is 2.50. The van der Waals surface area contributed by atoms with E-state index in [4.69, 9.17) is 0 Å². The van der Waals surface area contributed by atoms with Gasteiger partial charge >= 0.3 is 0 Å². The highest BCUT2D eigenvalue weighted by Crippen LogP contribution is 2.35. The molecule has 1 aliphatic rings. The summed E-state index contributed by atoms with van der Waals surface area (Å²) in [6, 6.07) is 0. The Kier molecular flexibility index (Phi) is 8.10. The van der Waals surface area contributed by atoms with Crippen molar-refractivity contribution in [2.75, 3.05) is 0 Å². The number of allylic oxidation sites excluding steroid dienone is 9. The van der Waals surface area contributed by atoms with Gasteiger partial charge in [-0.15, -0.1) is 0 Å². The van der Waals surface area contributed by atoms with E-state index in [1.54, 1.807) is 36.6 Å². The van der Waals surface area contributed by atoms with Crippen LogP contribution in [-0.4, -0.2) is 17.0 Å². The van der Waals surface area contributed by atoms with Gasteiger partial charge in [0.1, 0.15) is 11.7 Å². The van der Waals surface area contributed by atoms with Gasteiger partial charge in [-0.1, -0.05) is 82.0 Å². The lowest BCUT2D eigenvalue weighted by molar-refractivity contribution is 0.657. The largest absolute Gasteiger partial charge is 0.278 e. The minimum absolute atomic E-state index is 0.669. The molecule has 1 heterocycles. The second-order valence-electron chi connectivity index (χ2n) is 4.66. The summed E-state index contributed by atoms with van der Waals surface area (Å²) in [5, 5.41) is 0. The fourth-order valence-corrected chi connectivity index (χ4v) is 2.27. The molecule has 0 aromatic carbocycles. The third-order valence-electron chi connectivity index (χ3n) is 3.15. The van der Waals surface area contributed by atoms with Gasteiger partial charge in [0.05, 0.1) is 0 Å². The molecule has 3 heteroatoms. The molecule has 0 saturated heterocycles. The van der Waals surface area contributed by atoms with Crippen molar-refractivity contribution >= 4 is 12.1 Å². The van der Waals surface area contributed by atoms with Gasteiger partial charge < -0.3 is 0 Å². The van der Waals surface area contributed by atoms with Crippen LogP contribution in [0, 0.1) is 0 Å². The highest BCUT2D eigenvalue weighted by Gasteiger charge is 2.32. The average molecular weight is 329 g/mol. The van der Waals surface area contributed by atoms with Crippen molar-refractivity contribution in [3.8, 4) is 0 Å². The molecule has 0 radical (unpaired) electrons. The third kappa shape index (κ3) is 4.52. The predicted octanol–water partition coefficient (Wildman–Crippen LogP) is 5.42. The Morgan fingerprint density at radius 3 is 2.20 bits per heavy atom. The van der Waals surface area contributed by atoms with Crippen LogP contribution in [0.2, 0.25) is 0 Å². The van der Waals surface area contributed by atoms with Gasteiger partial charge in [0.25, 0.3) is 0 Å². The van der Waals surface area contributed by atoms with Crippen molar-refractivity contribution in [1.82, 2.24) is 4.90 Å². The average Bonchev–Trinajstić information content (AvgIpc) is 2.90. The van der Waals surface area contributed by atoms with Gasteiger partial charge in [-0.05, 0) is 12.2 Å². The summed E-state index contributed by atoms with van der Waals surface area (Å²) in [5.74, 6) is 1.34. The summed E-state index contributed by atoms with van der Waals surface area (Å²) in [6.45, 7) is 22.6. The third-order valence-corrected chi connectivity index (χ3v) is 3.15. The van der Waals surface area contributed by atoms with Crippen molar-refractivity contribution in [1.29, 1.82) is 0 Å². The maximum atomic E-state index is 4.52. The van der Waals surface area contributed by atoms with Crippen LogP contribution in [0.1, 0.15) is 0 Å². The molecule has 0 amide bonds. The SMILES string of the molecule is C=CC=NC1=C(C=C)/C(=C/C=C)C(=NC=C)N1C(/C=C\C=C)=C/C=C. The van der Waals surface area contributed by atoms with Crippen LogP contribution < -0.4 is 0 Å². The van der Waals surface area contributed by atoms with Gasteiger partial charge in [0.2, 0.25) is 0 Å². The summed E-state index contributed by atoms with van der Waals surface area (Å²) in [4.78, 5) is 10.9. The Hall–Kier alpha value is -3.46. The fourth-order valence-electron chi connectivity index (χ4n) is 2.27. The van der Waals surface area contributed by atoms with Crippen molar-refractivity contribution in [3.05, 3.63) is 123 Å². The van der Waals surface area contributed by atoms with Gasteiger partial charge in [-0.3, -0.25) is 4.90 Å². The molecular weight excluding hydrogens is 306 g/mol. The maximum absolute atomic E-state index is 4.52. The van der Waals surface area contributed by atoms with Crippen LogP contribution >= 0.6 is 0 Å². The monoisotopic (exact) mass is 329 g/mol. The van der Waals surface area contributed by atoms with E-state index in [9.17, 15) is 0 Å². The molecule has 3 nitrogen and oxygen atoms in total. The number of aliphatic imine (C=N–C) groups is 2. The first-order valence-corrected chi connectivity index (χ1v) is 7.66. The Balaban J connectivity index is 3.81. The molecule has 0 atom stereocenters. The van der Waals surface area contributed by atoms with E-state index < -0.39 is 0 Å². The van der Waals surface area contributed by atoms with Crippen molar-refractivity contribution < 1.29 is 0 Å². The maximum Gasteiger partial charge on any atom is 0.146 e. The molecule has 0 spiro atoms. The van der Waals surface area contributed by atoms with Crippen molar-refractivity contribution in [3.63, 3.8) is 0 Å². The molecule has 0 saturated carbocycles. The highest BCUT2D eigenvalue weighted by atomic mass is 15.3. The predicted molar refractivity (Wildman–Crippen MR) is 111 cm³/mol. The fraction of sp³-hybridized carbons (Fsp3) is 0. The van der Waals surface area contributed by atoms with E-state index in [1.165, 1.54) is 6.20 Å². The van der Waals surface area contributed by atoms with E-state index in [0.717, 1.165) is 16.8 Å². The second-order valence-corrected chi connectivity index (χ2v) is 4.66. The smallest absolute Gasteiger partial charge is 0.146 e. The molecule has 0 fully saturated rings. The summed E-state index contributed by atoms with van der Waals surface area (Å²) < 4.78 is 0. The summed E-state index contributed by atoms with van der Waals surface area (Å²) >= 11 is 0. The van der Waals surface area contributed by atoms with E-state index in [-0.39, 0.29) is 0 Å². The zero-order chi connectivity index (χ0) is 18.7. The molecule has 1 rings (SSSR count). The minimum Gasteiger partial charge on any atom is -0.278 e. The van der Waals surface area contributed by atoms with Gasteiger partial charge in [-0.2, -0.15) is 0 Å². The molecule has 0 N–H and O–H groups in total. The lowest BCUT2D eigenvalue weighted by Gasteiger charge is -2.21. The number of rotatable bonds is 9. The first kappa shape index (κ1) is 19.6. The summed E-state index contributed by atoms with van der Waals surface area (Å²) in [7, 11) is 0. The second kappa shape index (κ2) is 10.3. The Morgan fingerprint density at radius 1 is 0.920 bits per heavy atom. The summed E-state index contributed by atoms with van der Waals surface area (Å²) in [6.07, 6.45) is 19.0. The lowest BCUT2D eigenvalue weighted by Crippen LogP contribution is -2.24. The molecule has 0 aromatic rings. The molecule has 0 aliphatic carbocycles. The standard InChI is InChI=1S/C22H23N3/c1-7-13-16-18(14-8-2)25-21(24-17-10-4)19(11-5)20(15-9-3)22(25)23-12-6/h7-17H,1-6H2/b16-13-,18-14+,20-15-,23-22?,24-17?. The topological polar surface area (TPSA) is 28.0 Å². The van der Waals surface area contributed by atoms with Crippen LogP contribution in [0.25, 0.3) is 0 Å². The molecular formula is C22H23N3. The zero-order valence-electron chi connectivity index (χ0n) is 14.4. The molecule has 1 aliphatic heterocycles. The van der Waals surface area contributed by atoms with E-state index in [2.05, 4.69) is 49.5 Å². The van der Waals surface area contributed by atoms with Crippen molar-refractivity contribution in [2.24, 2.45) is 9.98 Å². The normalized spacial score (nSPS) is 18.4. The lowest BCUT2D eigenvalue weighted by atomic mass is 10.1. The first-order valence-electron chi connectivity index (χ1n) is 7.66. The number of nitrogens with zero attached hydrogens (tertiary/aromatic N) is 3. The molecule has 0 bridgehead atoms. The number of amidine groups is 1. The van der Waals surface area contributed by atoms with Crippen molar-refractivity contribution in [2.45, 2.75) is 0 Å². The van der Waals surface area contributed by atoms with Crippen LogP contribution in [0.3, 0.4) is 0 Å². The van der Waals surface area contributed by atoms with Crippen LogP contribution in [-0.2, 0) is 0 Å². The van der Waals surface area contributed by atoms with Gasteiger partial charge in [0.15, 0.2) is 0 Å². The van der Waals surface area contributed by atoms with Gasteiger partial charge in [-0.25, -0.2) is 9.98 Å². The molecule has 0 aromatic heterocycles. The van der Waals surface area contributed by atoms with E-state index in [0.29, 0.717) is 11.7 Å². The minimum atomic E-state index is 0.669. The molecule has 0 unspecified atom stereocenters. The Bertz CT molecular complexity index is 765. The quantitative estimate of drug-likeness (QED) is 0.410. The first-order chi connectivity index (χ1) is 12.2. The Labute approximate surface area is 150 Å². The number of hydrogen-bond acceptors (Lipinski definition) is 2.